The van der Waals surface area contributed by atoms with E-state index in [-0.39, 0.29) is 24.2 Å². The van der Waals surface area contributed by atoms with E-state index in [4.69, 9.17) is 0 Å². The molecule has 154 valence electrons. The van der Waals surface area contributed by atoms with Gasteiger partial charge in [0.15, 0.2) is 0 Å². The number of aliphatic imine (C=N–C) groups is 1. The van der Waals surface area contributed by atoms with Gasteiger partial charge in [0.1, 0.15) is 7.14 Å². The molecule has 29 heavy (non-hydrogen) atoms. The van der Waals surface area contributed by atoms with Crippen molar-refractivity contribution < 1.29 is 9.49 Å². The first-order chi connectivity index (χ1) is 13.7. The Kier molecular flexibility index (Phi) is 7.67. The highest BCUT2D eigenvalue weighted by atomic mass is 31.2. The third-order valence-electron chi connectivity index (χ3n) is 4.08. The van der Waals surface area contributed by atoms with Crippen molar-refractivity contribution in [3.63, 3.8) is 0 Å². The largest absolute Gasteiger partial charge is 0.366 e. The fourth-order valence-electron chi connectivity index (χ4n) is 2.60. The molecule has 0 aliphatic heterocycles. The van der Waals surface area contributed by atoms with Crippen LogP contribution >= 0.6 is 7.14 Å². The summed E-state index contributed by atoms with van der Waals surface area (Å²) in [6.07, 6.45) is 4.41. The van der Waals surface area contributed by atoms with E-state index in [1.165, 1.54) is 6.08 Å². The molecule has 1 aromatic carbocycles. The topological polar surface area (TPSA) is 110 Å². The van der Waals surface area contributed by atoms with Gasteiger partial charge in [-0.3, -0.25) is 20.1 Å². The van der Waals surface area contributed by atoms with E-state index in [1.807, 2.05) is 37.3 Å². The van der Waals surface area contributed by atoms with Crippen molar-refractivity contribution >= 4 is 24.0 Å². The molecule has 0 bridgehead atoms. The quantitative estimate of drug-likeness (QED) is 0.171. The fraction of sp³-hybridized carbons (Fsp3) is 0.300. The number of pyridine rings is 1. The summed E-state index contributed by atoms with van der Waals surface area (Å²) in [7, 11) is -2.31. The van der Waals surface area contributed by atoms with E-state index in [9.17, 15) is 14.7 Å². The van der Waals surface area contributed by atoms with Crippen LogP contribution in [0.4, 0.5) is 5.69 Å². The minimum Gasteiger partial charge on any atom is -0.366 e. The summed E-state index contributed by atoms with van der Waals surface area (Å²) in [5, 5.41) is 18.5. The number of nitrogens with one attached hydrogen (secondary N) is 2. The van der Waals surface area contributed by atoms with Crippen LogP contribution in [0.3, 0.4) is 0 Å². The lowest BCUT2D eigenvalue weighted by atomic mass is 10.3. The van der Waals surface area contributed by atoms with Crippen molar-refractivity contribution in [1.82, 2.24) is 10.3 Å². The summed E-state index contributed by atoms with van der Waals surface area (Å²) in [4.78, 5) is 19.4. The molecule has 0 aliphatic carbocycles. The summed E-state index contributed by atoms with van der Waals surface area (Å²) in [6, 6.07) is 11.0. The normalized spacial score (nSPS) is 13.7. The van der Waals surface area contributed by atoms with Gasteiger partial charge in [-0.25, -0.2) is 0 Å². The number of rotatable bonds is 8. The van der Waals surface area contributed by atoms with Crippen LogP contribution in [0, 0.1) is 10.1 Å². The van der Waals surface area contributed by atoms with Gasteiger partial charge in [0.25, 0.3) is 0 Å². The molecule has 2 N–H and O–H groups in total. The maximum Gasteiger partial charge on any atom is 0.306 e. The van der Waals surface area contributed by atoms with Gasteiger partial charge in [0.2, 0.25) is 5.84 Å². The number of hydrogen-bond donors (Lipinski definition) is 2. The Morgan fingerprint density at radius 2 is 2.00 bits per heavy atom. The van der Waals surface area contributed by atoms with Crippen LogP contribution in [0.25, 0.3) is 0 Å². The highest BCUT2D eigenvalue weighted by Gasteiger charge is 2.20. The van der Waals surface area contributed by atoms with Crippen molar-refractivity contribution in [2.24, 2.45) is 4.99 Å². The summed E-state index contributed by atoms with van der Waals surface area (Å²) in [5.41, 5.74) is 1.55. The number of nitrogens with zero attached hydrogens (tertiary/aromatic N) is 3. The van der Waals surface area contributed by atoms with Gasteiger partial charge in [-0.2, -0.15) is 0 Å². The second-order valence-electron chi connectivity index (χ2n) is 6.87. The Balaban J connectivity index is 2.15. The predicted molar refractivity (Wildman–Crippen MR) is 118 cm³/mol. The molecule has 1 heterocycles. The van der Waals surface area contributed by atoms with Crippen LogP contribution in [0.5, 0.6) is 0 Å². The number of benzene rings is 1. The molecular formula is C20H26N5O3P. The van der Waals surface area contributed by atoms with E-state index in [0.717, 1.165) is 16.6 Å². The Labute approximate surface area is 170 Å². The number of nitro groups is 1. The Morgan fingerprint density at radius 1 is 1.31 bits per heavy atom. The molecule has 0 amide bonds. The maximum absolute atomic E-state index is 12.1. The van der Waals surface area contributed by atoms with E-state index in [2.05, 4.69) is 20.6 Å². The summed E-state index contributed by atoms with van der Waals surface area (Å²) in [6.45, 7) is 7.15. The fourth-order valence-corrected chi connectivity index (χ4v) is 3.47. The minimum absolute atomic E-state index is 0.101. The summed E-state index contributed by atoms with van der Waals surface area (Å²) < 4.78 is 12.1. The zero-order valence-corrected chi connectivity index (χ0v) is 17.9. The number of hydrogen-bond acceptors (Lipinski definition) is 6. The lowest BCUT2D eigenvalue weighted by Gasteiger charge is -2.19. The zero-order chi connectivity index (χ0) is 21.4. The Hall–Kier alpha value is -2.99. The molecule has 1 aromatic heterocycles. The molecule has 2 rings (SSSR count). The second kappa shape index (κ2) is 9.98. The first kappa shape index (κ1) is 22.3. The van der Waals surface area contributed by atoms with Crippen molar-refractivity contribution in [2.75, 3.05) is 18.6 Å². The molecule has 1 unspecified atom stereocenters. The van der Waals surface area contributed by atoms with Gasteiger partial charge in [-0.05, 0) is 69.1 Å². The summed E-state index contributed by atoms with van der Waals surface area (Å²) in [5.74, 6) is 0.185. The highest BCUT2D eigenvalue weighted by molar-refractivity contribution is 7.70. The first-order valence-electron chi connectivity index (χ1n) is 9.14. The van der Waals surface area contributed by atoms with Gasteiger partial charge in [-0.1, -0.05) is 6.07 Å². The van der Waals surface area contributed by atoms with Crippen LogP contribution in [0.15, 0.2) is 65.6 Å². The molecule has 0 aliphatic rings. The van der Waals surface area contributed by atoms with Crippen LogP contribution in [0.2, 0.25) is 0 Å². The van der Waals surface area contributed by atoms with Crippen molar-refractivity contribution in [2.45, 2.75) is 26.6 Å². The third-order valence-corrected chi connectivity index (χ3v) is 5.62. The first-order valence-corrected chi connectivity index (χ1v) is 11.7. The molecule has 2 aromatic rings. The Bertz CT molecular complexity index is 936. The van der Waals surface area contributed by atoms with Crippen molar-refractivity contribution in [3.8, 4) is 0 Å². The van der Waals surface area contributed by atoms with E-state index in [0.29, 0.717) is 0 Å². The number of anilines is 1. The molecule has 9 heteroatoms. The lowest BCUT2D eigenvalue weighted by molar-refractivity contribution is -0.415. The molecule has 1 atom stereocenters. The molecule has 8 nitrogen and oxygen atoms in total. The molecule has 0 fully saturated rings. The zero-order valence-electron chi connectivity index (χ0n) is 17.0. The van der Waals surface area contributed by atoms with Gasteiger partial charge in [0.05, 0.1) is 17.6 Å². The van der Waals surface area contributed by atoms with E-state index in [1.54, 1.807) is 38.7 Å². The van der Waals surface area contributed by atoms with Crippen LogP contribution in [-0.2, 0) is 11.1 Å². The van der Waals surface area contributed by atoms with Gasteiger partial charge in [0, 0.05) is 23.4 Å². The molecule has 0 saturated carbocycles. The number of amidine groups is 1. The van der Waals surface area contributed by atoms with Gasteiger partial charge in [-0.15, -0.1) is 0 Å². The number of aromatic nitrogens is 1. The van der Waals surface area contributed by atoms with Gasteiger partial charge >= 0.3 is 5.70 Å². The highest BCUT2D eigenvalue weighted by Crippen LogP contribution is 2.34. The average molecular weight is 415 g/mol. The minimum atomic E-state index is -2.31. The van der Waals surface area contributed by atoms with Crippen molar-refractivity contribution in [1.29, 1.82) is 0 Å². The van der Waals surface area contributed by atoms with Crippen LogP contribution < -0.4 is 15.9 Å². The maximum atomic E-state index is 12.1. The van der Waals surface area contributed by atoms with Crippen molar-refractivity contribution in [3.05, 3.63) is 76.2 Å². The molecule has 0 radical (unpaired) electrons. The molecule has 0 spiro atoms. The second-order valence-corrected chi connectivity index (χ2v) is 10.1. The predicted octanol–water partition coefficient (Wildman–Crippen LogP) is 3.46. The lowest BCUT2D eigenvalue weighted by Crippen LogP contribution is -2.40. The standard InChI is InChI=1S/C20H26N5O3P/c1-5-19(25(26)27)20(22-14-16-7-6-12-21-13-16)24-15(2)23-17-8-10-18(11-9-17)29(3,4)28/h5-13,15,23H,14H2,1-4H3,(H,22,24)/b19-5+. The monoisotopic (exact) mass is 415 g/mol. The SMILES string of the molecule is C/C=C(\C(=NCc1cccnc1)NC(C)Nc1ccc(P(C)(C)=O)cc1)[N+](=O)[O-]. The summed E-state index contributed by atoms with van der Waals surface area (Å²) >= 11 is 0. The average Bonchev–Trinajstić information content (AvgIpc) is 2.66. The smallest absolute Gasteiger partial charge is 0.306 e. The number of allylic oxidation sites excluding steroid dienone is 1. The van der Waals surface area contributed by atoms with Crippen LogP contribution in [-0.4, -0.2) is 35.2 Å². The van der Waals surface area contributed by atoms with Gasteiger partial charge < -0.3 is 15.2 Å². The third kappa shape index (κ3) is 6.84. The molecule has 0 saturated heterocycles. The van der Waals surface area contributed by atoms with E-state index >= 15 is 0 Å². The Morgan fingerprint density at radius 3 is 2.52 bits per heavy atom. The van der Waals surface area contributed by atoms with Crippen LogP contribution in [0.1, 0.15) is 19.4 Å². The van der Waals surface area contributed by atoms with E-state index < -0.39 is 12.1 Å². The molecular weight excluding hydrogens is 389 g/mol.